The quantitative estimate of drug-likeness (QED) is 0.725. The van der Waals surface area contributed by atoms with Crippen LogP contribution in [0.3, 0.4) is 0 Å². The molecule has 1 aromatic carbocycles. The number of ketones is 1. The molecule has 1 N–H and O–H groups in total. The lowest BCUT2D eigenvalue weighted by Gasteiger charge is -2.47. The average molecular weight is 471 g/mol. The summed E-state index contributed by atoms with van der Waals surface area (Å²) in [6, 6.07) is 6.49. The Labute approximate surface area is 194 Å². The van der Waals surface area contributed by atoms with Gasteiger partial charge in [-0.15, -0.1) is 0 Å². The fourth-order valence-corrected chi connectivity index (χ4v) is 7.36. The molecule has 2 atom stereocenters. The zero-order valence-electron chi connectivity index (χ0n) is 19.3. The van der Waals surface area contributed by atoms with Gasteiger partial charge in [-0.05, 0) is 55.4 Å². The fraction of sp³-hybridized carbons (Fsp3) is 0.542. The molecule has 2 unspecified atom stereocenters. The van der Waals surface area contributed by atoms with Crippen molar-refractivity contribution in [3.63, 3.8) is 0 Å². The highest BCUT2D eigenvalue weighted by Crippen LogP contribution is 2.55. The van der Waals surface area contributed by atoms with Gasteiger partial charge >= 0.3 is 0 Å². The minimum atomic E-state index is -3.65. The Bertz CT molecular complexity index is 1180. The van der Waals surface area contributed by atoms with E-state index in [2.05, 4.69) is 29.4 Å². The summed E-state index contributed by atoms with van der Waals surface area (Å²) in [6.45, 7) is 4.98. The third-order valence-electron chi connectivity index (χ3n) is 7.39. The van der Waals surface area contributed by atoms with Crippen molar-refractivity contribution in [2.75, 3.05) is 20.2 Å². The molecule has 3 heterocycles. The van der Waals surface area contributed by atoms with Crippen molar-refractivity contribution >= 4 is 15.8 Å². The van der Waals surface area contributed by atoms with E-state index in [9.17, 15) is 13.2 Å². The van der Waals surface area contributed by atoms with Crippen molar-refractivity contribution in [3.05, 3.63) is 47.3 Å². The molecule has 0 bridgehead atoms. The Hall–Kier alpha value is -2.52. The largest absolute Gasteiger partial charge is 0.497 e. The number of rotatable bonds is 3. The molecule has 5 rings (SSSR count). The van der Waals surface area contributed by atoms with E-state index in [0.717, 1.165) is 23.3 Å². The summed E-state index contributed by atoms with van der Waals surface area (Å²) in [7, 11) is -2.10. The summed E-state index contributed by atoms with van der Waals surface area (Å²) in [4.78, 5) is 13.7. The smallest absolute Gasteiger partial charge is 0.243 e. The first-order valence-electron chi connectivity index (χ1n) is 11.4. The summed E-state index contributed by atoms with van der Waals surface area (Å²) in [5.74, 6) is 0.773. The highest BCUT2D eigenvalue weighted by molar-refractivity contribution is 7.89. The predicted octanol–water partition coefficient (Wildman–Crippen LogP) is 3.78. The lowest BCUT2D eigenvalue weighted by Crippen LogP contribution is -2.49. The number of sulfonamides is 1. The van der Waals surface area contributed by atoms with Gasteiger partial charge in [-0.2, -0.15) is 14.5 Å². The first-order chi connectivity index (χ1) is 15.7. The number of Topliss-reactive ketones (excluding diaryl/α,β-unsaturated/α-hetero) is 1. The van der Waals surface area contributed by atoms with Crippen molar-refractivity contribution in [1.29, 1.82) is 0 Å². The van der Waals surface area contributed by atoms with Gasteiger partial charge < -0.3 is 10.1 Å². The van der Waals surface area contributed by atoms with E-state index in [1.54, 1.807) is 41.9 Å². The van der Waals surface area contributed by atoms with Gasteiger partial charge in [0.1, 0.15) is 5.75 Å². The molecule has 1 spiro atoms. The van der Waals surface area contributed by atoms with Crippen LogP contribution in [0.1, 0.15) is 46.0 Å². The lowest BCUT2D eigenvalue weighted by molar-refractivity contribution is -0.119. The molecule has 0 amide bonds. The van der Waals surface area contributed by atoms with Gasteiger partial charge in [0, 0.05) is 41.8 Å². The van der Waals surface area contributed by atoms with Crippen LogP contribution in [0.4, 0.5) is 0 Å². The molecule has 4 aliphatic rings. The Kier molecular flexibility index (Phi) is 5.25. The number of fused-ring (bicyclic) bond motifs is 3. The van der Waals surface area contributed by atoms with Crippen LogP contribution in [-0.4, -0.2) is 44.9 Å². The molecule has 3 aliphatic heterocycles. The van der Waals surface area contributed by atoms with Gasteiger partial charge in [0.2, 0.25) is 10.0 Å². The fourth-order valence-electron chi connectivity index (χ4n) is 5.88. The van der Waals surface area contributed by atoms with Crippen molar-refractivity contribution in [3.8, 4) is 5.75 Å². The number of carbonyl (C=O) groups excluding carboxylic acids is 1. The second kappa shape index (κ2) is 7.77. The van der Waals surface area contributed by atoms with Gasteiger partial charge in [0.25, 0.3) is 0 Å². The molecule has 33 heavy (non-hydrogen) atoms. The Morgan fingerprint density at radius 3 is 2.61 bits per heavy atom. The number of hydrogen-bond acceptors (Lipinski definition) is 7. The first kappa shape index (κ1) is 22.3. The van der Waals surface area contributed by atoms with E-state index in [0.29, 0.717) is 44.5 Å². The third kappa shape index (κ3) is 3.61. The van der Waals surface area contributed by atoms with Crippen LogP contribution in [-0.2, 0) is 14.8 Å². The van der Waals surface area contributed by atoms with Gasteiger partial charge in [-0.3, -0.25) is 4.79 Å². The summed E-state index contributed by atoms with van der Waals surface area (Å²) >= 11 is 0. The maximum Gasteiger partial charge on any atom is 0.243 e. The second-order valence-electron chi connectivity index (χ2n) is 10.2. The molecular formula is C24H30N4O4S. The van der Waals surface area contributed by atoms with E-state index >= 15 is 0 Å². The zero-order chi connectivity index (χ0) is 23.4. The summed E-state index contributed by atoms with van der Waals surface area (Å²) in [5.41, 5.74) is 2.16. The van der Waals surface area contributed by atoms with Gasteiger partial charge in [-0.1, -0.05) is 13.8 Å². The number of nitrogens with zero attached hydrogens (tertiary/aromatic N) is 3. The molecule has 9 heteroatoms. The molecule has 8 nitrogen and oxygen atoms in total. The van der Waals surface area contributed by atoms with E-state index < -0.39 is 15.4 Å². The molecular weight excluding hydrogens is 440 g/mol. The van der Waals surface area contributed by atoms with Crippen molar-refractivity contribution in [2.45, 2.75) is 57.0 Å². The van der Waals surface area contributed by atoms with Crippen LogP contribution in [0.2, 0.25) is 0 Å². The Balaban J connectivity index is 1.50. The Morgan fingerprint density at radius 1 is 1.12 bits per heavy atom. The summed E-state index contributed by atoms with van der Waals surface area (Å²) in [6.07, 6.45) is 4.70. The Morgan fingerprint density at radius 2 is 1.88 bits per heavy atom. The maximum atomic E-state index is 13.4. The number of hydrogen-bond donors (Lipinski definition) is 1. The van der Waals surface area contributed by atoms with E-state index in [-0.39, 0.29) is 22.3 Å². The zero-order valence-corrected chi connectivity index (χ0v) is 20.1. The highest BCUT2D eigenvalue weighted by atomic mass is 32.2. The molecule has 0 saturated carbocycles. The van der Waals surface area contributed by atoms with Gasteiger partial charge in [-0.25, -0.2) is 8.42 Å². The van der Waals surface area contributed by atoms with Crippen molar-refractivity contribution in [2.24, 2.45) is 21.1 Å². The summed E-state index contributed by atoms with van der Waals surface area (Å²) < 4.78 is 33.5. The maximum absolute atomic E-state index is 13.4. The number of methoxy groups -OCH3 is 1. The monoisotopic (exact) mass is 470 g/mol. The lowest BCUT2D eigenvalue weighted by atomic mass is 9.60. The van der Waals surface area contributed by atoms with Crippen LogP contribution in [0.5, 0.6) is 5.75 Å². The SMILES string of the molecule is COc1ccc(S(=O)(=O)N2CCCC3(CC2)C2=CN=NC2NC2=C3C(=O)CC(C)(C)C2)cc1. The number of ether oxygens (including phenoxy) is 1. The minimum Gasteiger partial charge on any atom is -0.497 e. The van der Waals surface area contributed by atoms with Crippen molar-refractivity contribution < 1.29 is 17.9 Å². The number of allylic oxidation sites excluding steroid dienone is 2. The van der Waals surface area contributed by atoms with Gasteiger partial charge in [0.05, 0.1) is 18.2 Å². The van der Waals surface area contributed by atoms with E-state index in [1.165, 1.54) is 0 Å². The molecule has 1 aromatic rings. The topological polar surface area (TPSA) is 100 Å². The first-order valence-corrected chi connectivity index (χ1v) is 12.9. The van der Waals surface area contributed by atoms with Crippen LogP contribution in [0.25, 0.3) is 0 Å². The molecule has 0 radical (unpaired) electrons. The second-order valence-corrected chi connectivity index (χ2v) is 12.1. The van der Waals surface area contributed by atoms with Crippen LogP contribution in [0, 0.1) is 10.8 Å². The number of carbonyl (C=O) groups is 1. The molecule has 1 aliphatic carbocycles. The molecule has 176 valence electrons. The van der Waals surface area contributed by atoms with Crippen LogP contribution < -0.4 is 10.1 Å². The number of benzene rings is 1. The normalized spacial score (nSPS) is 29.2. The van der Waals surface area contributed by atoms with Crippen molar-refractivity contribution in [1.82, 2.24) is 9.62 Å². The predicted molar refractivity (Wildman–Crippen MR) is 123 cm³/mol. The van der Waals surface area contributed by atoms with Crippen LogP contribution >= 0.6 is 0 Å². The number of azo groups is 1. The molecule has 0 aromatic heterocycles. The minimum absolute atomic E-state index is 0.116. The molecule has 1 saturated heterocycles. The highest BCUT2D eigenvalue weighted by Gasteiger charge is 2.53. The average Bonchev–Trinajstić information content (AvgIpc) is 3.13. The standard InChI is InChI=1S/C24H30N4O4S/c1-23(2)13-19-21(20(29)14-23)24(18-15-25-27-22(18)26-19)9-4-11-28(12-10-24)33(30,31)17-7-5-16(32-3)6-8-17/h5-8,15,22,26H,4,9-14H2,1-3H3. The van der Waals surface area contributed by atoms with E-state index in [4.69, 9.17) is 4.74 Å². The van der Waals surface area contributed by atoms with Crippen LogP contribution in [0.15, 0.2) is 62.4 Å². The van der Waals surface area contributed by atoms with Gasteiger partial charge in [0.15, 0.2) is 11.9 Å². The van der Waals surface area contributed by atoms with E-state index in [1.807, 2.05) is 0 Å². The number of nitrogens with one attached hydrogen (secondary N) is 1. The summed E-state index contributed by atoms with van der Waals surface area (Å²) in [5, 5.41) is 12.0. The molecule has 1 fully saturated rings. The third-order valence-corrected chi connectivity index (χ3v) is 9.30.